The van der Waals surface area contributed by atoms with Gasteiger partial charge in [-0.1, -0.05) is 30.3 Å². The predicted octanol–water partition coefficient (Wildman–Crippen LogP) is 2.55. The van der Waals surface area contributed by atoms with Gasteiger partial charge in [-0.15, -0.1) is 11.3 Å². The number of halogens is 3. The van der Waals surface area contributed by atoms with Crippen molar-refractivity contribution in [1.29, 1.82) is 0 Å². The number of hydrogen-bond acceptors (Lipinski definition) is 4. The first kappa shape index (κ1) is 16.4. The summed E-state index contributed by atoms with van der Waals surface area (Å²) in [6.45, 7) is 0.105. The van der Waals surface area contributed by atoms with E-state index in [0.29, 0.717) is 5.56 Å². The minimum atomic E-state index is -4.46. The monoisotopic (exact) mass is 330 g/mol. The van der Waals surface area contributed by atoms with Crippen LogP contribution in [0.3, 0.4) is 0 Å². The van der Waals surface area contributed by atoms with Crippen molar-refractivity contribution in [2.45, 2.75) is 18.7 Å². The van der Waals surface area contributed by atoms with Crippen molar-refractivity contribution in [2.24, 2.45) is 0 Å². The Morgan fingerprint density at radius 1 is 1.32 bits per heavy atom. The molecule has 1 heterocycles. The highest BCUT2D eigenvalue weighted by molar-refractivity contribution is 7.09. The van der Waals surface area contributed by atoms with E-state index >= 15 is 0 Å². The molecule has 1 aromatic heterocycles. The molecular weight excluding hydrogens is 317 g/mol. The van der Waals surface area contributed by atoms with Crippen LogP contribution in [0.2, 0.25) is 0 Å². The molecule has 0 bridgehead atoms. The summed E-state index contributed by atoms with van der Waals surface area (Å²) in [4.78, 5) is 15.2. The Labute approximate surface area is 128 Å². The molecule has 1 unspecified atom stereocenters. The van der Waals surface area contributed by atoms with Gasteiger partial charge in [0.25, 0.3) is 5.91 Å². The number of rotatable bonds is 5. The molecule has 118 valence electrons. The summed E-state index contributed by atoms with van der Waals surface area (Å²) in [7, 11) is 0. The molecule has 0 spiro atoms. The molecule has 0 fully saturated rings. The lowest BCUT2D eigenvalue weighted by Gasteiger charge is -2.11. The van der Waals surface area contributed by atoms with E-state index in [2.05, 4.69) is 10.3 Å². The van der Waals surface area contributed by atoms with Crippen molar-refractivity contribution >= 4 is 17.2 Å². The van der Waals surface area contributed by atoms with Gasteiger partial charge in [0.05, 0.1) is 5.01 Å². The standard InChI is InChI=1S/C14H13F3N2O2S/c15-14(16,17)10-8-22-11(19-10)6-7-18-13(21)12(20)9-4-2-1-3-5-9/h1-5,8,12,20H,6-7H2,(H,18,21). The van der Waals surface area contributed by atoms with Gasteiger partial charge in [0.2, 0.25) is 0 Å². The van der Waals surface area contributed by atoms with Crippen molar-refractivity contribution < 1.29 is 23.1 Å². The Balaban J connectivity index is 1.83. The first-order valence-electron chi connectivity index (χ1n) is 6.40. The van der Waals surface area contributed by atoms with E-state index in [1.807, 2.05) is 0 Å². The molecule has 1 atom stereocenters. The largest absolute Gasteiger partial charge is 0.434 e. The van der Waals surface area contributed by atoms with E-state index in [0.717, 1.165) is 16.7 Å². The highest BCUT2D eigenvalue weighted by Crippen LogP contribution is 2.30. The highest BCUT2D eigenvalue weighted by Gasteiger charge is 2.33. The number of hydrogen-bond donors (Lipinski definition) is 2. The molecule has 4 nitrogen and oxygen atoms in total. The normalized spacial score (nSPS) is 12.9. The molecule has 1 aromatic carbocycles. The third kappa shape index (κ3) is 4.28. The SMILES string of the molecule is O=C(NCCc1nc(C(F)(F)F)cs1)C(O)c1ccccc1. The Bertz CT molecular complexity index is 629. The molecule has 0 radical (unpaired) electrons. The molecule has 2 N–H and O–H groups in total. The average molecular weight is 330 g/mol. The third-order valence-corrected chi connectivity index (χ3v) is 3.75. The van der Waals surface area contributed by atoms with Crippen LogP contribution in [0.25, 0.3) is 0 Å². The molecule has 22 heavy (non-hydrogen) atoms. The summed E-state index contributed by atoms with van der Waals surface area (Å²) in [6.07, 6.45) is -5.58. The summed E-state index contributed by atoms with van der Waals surface area (Å²) in [5, 5.41) is 13.5. The van der Waals surface area contributed by atoms with Crippen LogP contribution in [0, 0.1) is 0 Å². The fourth-order valence-electron chi connectivity index (χ4n) is 1.73. The first-order valence-corrected chi connectivity index (χ1v) is 7.28. The maximum Gasteiger partial charge on any atom is 0.434 e. The van der Waals surface area contributed by atoms with E-state index in [9.17, 15) is 23.1 Å². The fourth-order valence-corrected chi connectivity index (χ4v) is 2.54. The van der Waals surface area contributed by atoms with Gasteiger partial charge < -0.3 is 10.4 Å². The number of benzene rings is 1. The van der Waals surface area contributed by atoms with Crippen molar-refractivity contribution in [3.8, 4) is 0 Å². The van der Waals surface area contributed by atoms with Gasteiger partial charge in [0.15, 0.2) is 11.8 Å². The van der Waals surface area contributed by atoms with Crippen molar-refractivity contribution in [3.05, 3.63) is 52.0 Å². The average Bonchev–Trinajstić information content (AvgIpc) is 2.96. The second-order valence-electron chi connectivity index (χ2n) is 4.48. The number of aliphatic hydroxyl groups is 1. The predicted molar refractivity (Wildman–Crippen MR) is 75.2 cm³/mol. The number of amides is 1. The lowest BCUT2D eigenvalue weighted by atomic mass is 10.1. The first-order chi connectivity index (χ1) is 10.4. The molecule has 0 aliphatic heterocycles. The molecule has 8 heteroatoms. The number of carbonyl (C=O) groups excluding carboxylic acids is 1. The van der Waals surface area contributed by atoms with Crippen LogP contribution in [0.15, 0.2) is 35.7 Å². The number of nitrogens with zero attached hydrogens (tertiary/aromatic N) is 1. The van der Waals surface area contributed by atoms with Crippen molar-refractivity contribution in [2.75, 3.05) is 6.54 Å². The van der Waals surface area contributed by atoms with Crippen LogP contribution in [-0.2, 0) is 17.4 Å². The lowest BCUT2D eigenvalue weighted by Crippen LogP contribution is -2.30. The number of aromatic nitrogens is 1. The zero-order valence-corrected chi connectivity index (χ0v) is 12.1. The van der Waals surface area contributed by atoms with Crippen LogP contribution in [-0.4, -0.2) is 22.5 Å². The number of carbonyl (C=O) groups is 1. The van der Waals surface area contributed by atoms with Crippen LogP contribution < -0.4 is 5.32 Å². The minimum absolute atomic E-state index is 0.105. The number of thiazole rings is 1. The van der Waals surface area contributed by atoms with E-state index in [1.54, 1.807) is 30.3 Å². The van der Waals surface area contributed by atoms with Crippen molar-refractivity contribution in [1.82, 2.24) is 10.3 Å². The molecule has 1 amide bonds. The zero-order valence-electron chi connectivity index (χ0n) is 11.3. The Morgan fingerprint density at radius 3 is 2.59 bits per heavy atom. The summed E-state index contributed by atoms with van der Waals surface area (Å²) in [5.41, 5.74) is -0.475. The second-order valence-corrected chi connectivity index (χ2v) is 5.42. The van der Waals surface area contributed by atoms with Crippen LogP contribution in [0.5, 0.6) is 0 Å². The maximum atomic E-state index is 12.4. The van der Waals surface area contributed by atoms with Crippen molar-refractivity contribution in [3.63, 3.8) is 0 Å². The molecule has 2 rings (SSSR count). The number of alkyl halides is 3. The van der Waals surface area contributed by atoms with Gasteiger partial charge in [-0.05, 0) is 5.56 Å². The second kappa shape index (κ2) is 6.89. The van der Waals surface area contributed by atoms with E-state index in [1.165, 1.54) is 0 Å². The van der Waals surface area contributed by atoms with E-state index in [4.69, 9.17) is 0 Å². The number of aliphatic hydroxyl groups excluding tert-OH is 1. The van der Waals surface area contributed by atoms with Crippen LogP contribution in [0.4, 0.5) is 13.2 Å². The Hall–Kier alpha value is -1.93. The van der Waals surface area contributed by atoms with Gasteiger partial charge in [-0.25, -0.2) is 4.98 Å². The molecule has 0 aliphatic rings. The van der Waals surface area contributed by atoms with Gasteiger partial charge in [0, 0.05) is 18.3 Å². The smallest absolute Gasteiger partial charge is 0.378 e. The molecule has 0 saturated heterocycles. The Kier molecular flexibility index (Phi) is 5.15. The topological polar surface area (TPSA) is 62.2 Å². The molecule has 0 aliphatic carbocycles. The van der Waals surface area contributed by atoms with Crippen LogP contribution >= 0.6 is 11.3 Å². The van der Waals surface area contributed by atoms with Gasteiger partial charge in [-0.3, -0.25) is 4.79 Å². The Morgan fingerprint density at radius 2 is 2.00 bits per heavy atom. The lowest BCUT2D eigenvalue weighted by molar-refractivity contribution is -0.140. The summed E-state index contributed by atoms with van der Waals surface area (Å²) >= 11 is 0.888. The van der Waals surface area contributed by atoms with Crippen LogP contribution in [0.1, 0.15) is 22.4 Å². The van der Waals surface area contributed by atoms with Gasteiger partial charge in [0.1, 0.15) is 0 Å². The summed E-state index contributed by atoms with van der Waals surface area (Å²) < 4.78 is 37.2. The maximum absolute atomic E-state index is 12.4. The van der Waals surface area contributed by atoms with Gasteiger partial charge in [-0.2, -0.15) is 13.2 Å². The fraction of sp³-hybridized carbons (Fsp3) is 0.286. The minimum Gasteiger partial charge on any atom is -0.378 e. The molecule has 0 saturated carbocycles. The number of nitrogens with one attached hydrogen (secondary N) is 1. The van der Waals surface area contributed by atoms with Gasteiger partial charge >= 0.3 is 6.18 Å². The quantitative estimate of drug-likeness (QED) is 0.886. The molecular formula is C14H13F3N2O2S. The molecule has 2 aromatic rings. The highest BCUT2D eigenvalue weighted by atomic mass is 32.1. The summed E-state index contributed by atoms with van der Waals surface area (Å²) in [5.74, 6) is -0.598. The third-order valence-electron chi connectivity index (χ3n) is 2.84. The summed E-state index contributed by atoms with van der Waals surface area (Å²) in [6, 6.07) is 8.37. The zero-order chi connectivity index (χ0) is 16.2. The van der Waals surface area contributed by atoms with E-state index in [-0.39, 0.29) is 18.0 Å². The van der Waals surface area contributed by atoms with E-state index < -0.39 is 23.9 Å².